The molecule has 0 saturated carbocycles. The molecule has 0 saturated heterocycles. The number of hydrogen-bond acceptors (Lipinski definition) is 4. The molecule has 0 bridgehead atoms. The van der Waals surface area contributed by atoms with E-state index in [2.05, 4.69) is 0 Å². The average Bonchev–Trinajstić information content (AvgIpc) is 2.21. The highest BCUT2D eigenvalue weighted by molar-refractivity contribution is 5.84. The number of nitrogens with two attached hydrogens (primary N) is 1. The molecular formula is C10H17NO3. The summed E-state index contributed by atoms with van der Waals surface area (Å²) >= 11 is 0. The number of esters is 1. The van der Waals surface area contributed by atoms with Crippen molar-refractivity contribution >= 4 is 11.8 Å². The molecule has 2 N–H and O–H groups in total. The van der Waals surface area contributed by atoms with E-state index in [0.29, 0.717) is 0 Å². The van der Waals surface area contributed by atoms with E-state index in [9.17, 15) is 9.59 Å². The minimum Gasteiger partial charge on any atom is -0.461 e. The average molecular weight is 199 g/mol. The molecule has 4 heteroatoms. The van der Waals surface area contributed by atoms with Gasteiger partial charge in [0.2, 0.25) is 0 Å². The molecule has 0 aromatic rings. The first kappa shape index (κ1) is 12.8. The van der Waals surface area contributed by atoms with Crippen molar-refractivity contribution in [2.45, 2.75) is 26.2 Å². The van der Waals surface area contributed by atoms with Crippen LogP contribution in [0.2, 0.25) is 0 Å². The van der Waals surface area contributed by atoms with Gasteiger partial charge in [0.25, 0.3) is 0 Å². The predicted octanol–water partition coefficient (Wildman–Crippen LogP) is 0.804. The molecule has 0 aliphatic heterocycles. The largest absolute Gasteiger partial charge is 0.461 e. The zero-order chi connectivity index (χ0) is 10.8. The summed E-state index contributed by atoms with van der Waals surface area (Å²) in [4.78, 5) is 21.7. The van der Waals surface area contributed by atoms with Gasteiger partial charge < -0.3 is 10.5 Å². The van der Waals surface area contributed by atoms with E-state index >= 15 is 0 Å². The van der Waals surface area contributed by atoms with Gasteiger partial charge in [-0.1, -0.05) is 19.1 Å². The van der Waals surface area contributed by atoms with Crippen LogP contribution in [-0.4, -0.2) is 24.9 Å². The summed E-state index contributed by atoms with van der Waals surface area (Å²) in [5.74, 6) is -0.474. The number of ether oxygens (including phenoxy) is 1. The summed E-state index contributed by atoms with van der Waals surface area (Å²) in [6.45, 7) is 2.27. The quantitative estimate of drug-likeness (QED) is 0.486. The van der Waals surface area contributed by atoms with Crippen LogP contribution in [0.3, 0.4) is 0 Å². The molecule has 80 valence electrons. The van der Waals surface area contributed by atoms with Crippen LogP contribution in [0, 0.1) is 0 Å². The van der Waals surface area contributed by atoms with Crippen molar-refractivity contribution in [3.63, 3.8) is 0 Å². The topological polar surface area (TPSA) is 69.4 Å². The molecule has 0 aromatic carbocycles. The van der Waals surface area contributed by atoms with Crippen molar-refractivity contribution in [1.82, 2.24) is 0 Å². The zero-order valence-corrected chi connectivity index (χ0v) is 8.49. The number of ketones is 1. The molecule has 0 spiro atoms. The summed E-state index contributed by atoms with van der Waals surface area (Å²) in [5, 5.41) is 0. The first-order valence-corrected chi connectivity index (χ1v) is 4.73. The fourth-order valence-electron chi connectivity index (χ4n) is 0.791. The van der Waals surface area contributed by atoms with Gasteiger partial charge in [-0.15, -0.1) is 0 Å². The van der Waals surface area contributed by atoms with Gasteiger partial charge in [-0.05, 0) is 6.42 Å². The number of carbonyl (C=O) groups is 2. The molecule has 0 fully saturated rings. The normalized spacial score (nSPS) is 10.4. The minimum absolute atomic E-state index is 0.0109. The van der Waals surface area contributed by atoms with Gasteiger partial charge in [0.1, 0.15) is 12.4 Å². The predicted molar refractivity (Wildman–Crippen MR) is 53.7 cm³/mol. The SMILES string of the molecule is CC/C=C\COC(=O)CCC(=O)CN. The van der Waals surface area contributed by atoms with Gasteiger partial charge >= 0.3 is 5.97 Å². The van der Waals surface area contributed by atoms with Crippen molar-refractivity contribution in [2.75, 3.05) is 13.2 Å². The maximum absolute atomic E-state index is 11.0. The van der Waals surface area contributed by atoms with Crippen LogP contribution in [0.25, 0.3) is 0 Å². The molecule has 0 radical (unpaired) electrons. The molecule has 0 heterocycles. The highest BCUT2D eigenvalue weighted by Crippen LogP contribution is 1.94. The Balaban J connectivity index is 3.46. The molecule has 0 aromatic heterocycles. The van der Waals surface area contributed by atoms with Crippen LogP contribution in [0.4, 0.5) is 0 Å². The molecule has 0 rings (SSSR count). The van der Waals surface area contributed by atoms with E-state index in [1.165, 1.54) is 0 Å². The standard InChI is InChI=1S/C10H17NO3/c1-2-3-4-7-14-10(13)6-5-9(12)8-11/h3-4H,2,5-8,11H2,1H3/b4-3-. The lowest BCUT2D eigenvalue weighted by molar-refractivity contribution is -0.143. The number of carbonyl (C=O) groups excluding carboxylic acids is 2. The Kier molecular flexibility index (Phi) is 7.74. The lowest BCUT2D eigenvalue weighted by Gasteiger charge is -2.00. The first-order chi connectivity index (χ1) is 6.70. The van der Waals surface area contributed by atoms with Crippen molar-refractivity contribution in [3.05, 3.63) is 12.2 Å². The van der Waals surface area contributed by atoms with Crippen molar-refractivity contribution < 1.29 is 14.3 Å². The highest BCUT2D eigenvalue weighted by Gasteiger charge is 2.05. The Labute approximate surface area is 84.1 Å². The number of rotatable bonds is 7. The van der Waals surface area contributed by atoms with Gasteiger partial charge in [-0.2, -0.15) is 0 Å². The molecule has 14 heavy (non-hydrogen) atoms. The minimum atomic E-state index is -0.354. The highest BCUT2D eigenvalue weighted by atomic mass is 16.5. The number of Topliss-reactive ketones (excluding diaryl/α,β-unsaturated/α-hetero) is 1. The Bertz CT molecular complexity index is 211. The van der Waals surface area contributed by atoms with Crippen LogP contribution in [-0.2, 0) is 14.3 Å². The summed E-state index contributed by atoms with van der Waals surface area (Å²) in [6, 6.07) is 0. The Morgan fingerprint density at radius 3 is 2.57 bits per heavy atom. The van der Waals surface area contributed by atoms with Gasteiger partial charge in [0.05, 0.1) is 13.0 Å². The van der Waals surface area contributed by atoms with Crippen LogP contribution >= 0.6 is 0 Å². The van der Waals surface area contributed by atoms with Gasteiger partial charge in [-0.25, -0.2) is 0 Å². The monoisotopic (exact) mass is 199 g/mol. The summed E-state index contributed by atoms with van der Waals surface area (Å²) in [7, 11) is 0. The summed E-state index contributed by atoms with van der Waals surface area (Å²) in [6.07, 6.45) is 4.91. The summed E-state index contributed by atoms with van der Waals surface area (Å²) in [5.41, 5.74) is 5.09. The van der Waals surface area contributed by atoms with Crippen LogP contribution in [0.15, 0.2) is 12.2 Å². The van der Waals surface area contributed by atoms with Gasteiger partial charge in [-0.3, -0.25) is 9.59 Å². The van der Waals surface area contributed by atoms with Crippen LogP contribution in [0.5, 0.6) is 0 Å². The zero-order valence-electron chi connectivity index (χ0n) is 8.49. The van der Waals surface area contributed by atoms with E-state index in [-0.39, 0.29) is 37.7 Å². The molecule has 0 unspecified atom stereocenters. The first-order valence-electron chi connectivity index (χ1n) is 4.73. The lowest BCUT2D eigenvalue weighted by Crippen LogP contribution is -2.15. The maximum atomic E-state index is 11.0. The second kappa shape index (κ2) is 8.44. The Hall–Kier alpha value is -1.16. The lowest BCUT2D eigenvalue weighted by atomic mass is 10.2. The van der Waals surface area contributed by atoms with Gasteiger partial charge in [0, 0.05) is 6.42 Å². The molecule has 0 aliphatic rings. The van der Waals surface area contributed by atoms with Gasteiger partial charge in [0.15, 0.2) is 0 Å². The fraction of sp³-hybridized carbons (Fsp3) is 0.600. The van der Waals surface area contributed by atoms with E-state index in [1.54, 1.807) is 6.08 Å². The fourth-order valence-corrected chi connectivity index (χ4v) is 0.791. The van der Waals surface area contributed by atoms with Crippen molar-refractivity contribution in [2.24, 2.45) is 5.73 Å². The smallest absolute Gasteiger partial charge is 0.306 e. The van der Waals surface area contributed by atoms with Crippen molar-refractivity contribution in [3.8, 4) is 0 Å². The Morgan fingerprint density at radius 2 is 2.00 bits per heavy atom. The third-order valence-corrected chi connectivity index (χ3v) is 1.58. The van der Waals surface area contributed by atoms with E-state index in [4.69, 9.17) is 10.5 Å². The Morgan fingerprint density at radius 1 is 1.29 bits per heavy atom. The molecule has 0 amide bonds. The molecule has 0 aliphatic carbocycles. The molecule has 4 nitrogen and oxygen atoms in total. The molecular weight excluding hydrogens is 182 g/mol. The van der Waals surface area contributed by atoms with Crippen molar-refractivity contribution in [1.29, 1.82) is 0 Å². The second-order valence-electron chi connectivity index (χ2n) is 2.81. The van der Waals surface area contributed by atoms with E-state index in [1.807, 2.05) is 13.0 Å². The van der Waals surface area contributed by atoms with Crippen LogP contribution < -0.4 is 5.73 Å². The second-order valence-corrected chi connectivity index (χ2v) is 2.81. The third kappa shape index (κ3) is 7.49. The summed E-state index contributed by atoms with van der Waals surface area (Å²) < 4.78 is 4.82. The molecule has 0 atom stereocenters. The van der Waals surface area contributed by atoms with Crippen LogP contribution in [0.1, 0.15) is 26.2 Å². The third-order valence-electron chi connectivity index (χ3n) is 1.58. The number of allylic oxidation sites excluding steroid dienone is 1. The maximum Gasteiger partial charge on any atom is 0.306 e. The van der Waals surface area contributed by atoms with E-state index in [0.717, 1.165) is 6.42 Å². The number of hydrogen-bond donors (Lipinski definition) is 1. The van der Waals surface area contributed by atoms with E-state index < -0.39 is 0 Å².